The number of hydrogen-bond donors (Lipinski definition) is 1. The molecule has 0 amide bonds. The zero-order valence-corrected chi connectivity index (χ0v) is 17.4. The fraction of sp³-hybridized carbons (Fsp3) is 0.524. The smallest absolute Gasteiger partial charge is 0.194 e. The summed E-state index contributed by atoms with van der Waals surface area (Å²) in [6.07, 6.45) is -0.207. The molecule has 1 aliphatic heterocycles. The van der Waals surface area contributed by atoms with E-state index in [2.05, 4.69) is 27.2 Å². The van der Waals surface area contributed by atoms with Gasteiger partial charge in [0.05, 0.1) is 12.2 Å². The van der Waals surface area contributed by atoms with E-state index in [1.807, 2.05) is 13.0 Å². The molecule has 1 N–H and O–H groups in total. The number of methoxy groups -OCH3 is 1. The fourth-order valence-electron chi connectivity index (χ4n) is 3.43. The quantitative estimate of drug-likeness (QED) is 0.566. The summed E-state index contributed by atoms with van der Waals surface area (Å²) in [5.41, 5.74) is 1.89. The normalized spacial score (nSPS) is 16.8. The highest BCUT2D eigenvalue weighted by Gasteiger charge is 2.21. The summed E-state index contributed by atoms with van der Waals surface area (Å²) >= 11 is 0. The van der Waals surface area contributed by atoms with Gasteiger partial charge < -0.3 is 19.5 Å². The minimum Gasteiger partial charge on any atom is -0.375 e. The first-order valence-electron chi connectivity index (χ1n) is 10.0. The topological polar surface area (TPSA) is 66.1 Å². The van der Waals surface area contributed by atoms with Crippen LogP contribution in [0.15, 0.2) is 39.8 Å². The third-order valence-electron chi connectivity index (χ3n) is 5.00. The van der Waals surface area contributed by atoms with Crippen LogP contribution in [-0.4, -0.2) is 67.3 Å². The molecule has 2 aromatic rings. The lowest BCUT2D eigenvalue weighted by molar-refractivity contribution is 0.110. The molecule has 1 saturated heterocycles. The summed E-state index contributed by atoms with van der Waals surface area (Å²) in [7, 11) is 1.65. The first kappa shape index (κ1) is 21.3. The van der Waals surface area contributed by atoms with E-state index in [-0.39, 0.29) is 11.9 Å². The second kappa shape index (κ2) is 10.4. The number of piperazine rings is 1. The molecule has 1 aromatic heterocycles. The number of nitrogens with one attached hydrogen (secondary N) is 1. The number of ether oxygens (including phenoxy) is 1. The molecule has 1 aromatic carbocycles. The maximum absolute atomic E-state index is 13.2. The van der Waals surface area contributed by atoms with Crippen LogP contribution in [0.1, 0.15) is 30.0 Å². The fourth-order valence-corrected chi connectivity index (χ4v) is 3.43. The molecule has 0 radical (unpaired) electrons. The average molecular weight is 404 g/mol. The van der Waals surface area contributed by atoms with E-state index in [1.54, 1.807) is 19.2 Å². The largest absolute Gasteiger partial charge is 0.375 e. The Kier molecular flexibility index (Phi) is 7.60. The number of aliphatic imine (C=N–C) groups is 1. The molecule has 0 spiro atoms. The minimum atomic E-state index is -0.251. The lowest BCUT2D eigenvalue weighted by atomic mass is 10.1. The van der Waals surface area contributed by atoms with Gasteiger partial charge in [-0.25, -0.2) is 4.39 Å². The number of halogens is 1. The van der Waals surface area contributed by atoms with Gasteiger partial charge in [-0.3, -0.25) is 9.89 Å². The van der Waals surface area contributed by atoms with Crippen LogP contribution < -0.4 is 5.32 Å². The van der Waals surface area contributed by atoms with E-state index in [4.69, 9.17) is 14.3 Å². The molecule has 7 nitrogen and oxygen atoms in total. The molecule has 1 atom stereocenters. The second-order valence-electron chi connectivity index (χ2n) is 7.16. The lowest BCUT2D eigenvalue weighted by Gasteiger charge is -2.36. The first-order valence-corrected chi connectivity index (χ1v) is 10.0. The van der Waals surface area contributed by atoms with Crippen molar-refractivity contribution >= 4 is 5.96 Å². The number of rotatable bonds is 7. The summed E-state index contributed by atoms with van der Waals surface area (Å²) < 4.78 is 23.9. The van der Waals surface area contributed by atoms with Gasteiger partial charge in [0.15, 0.2) is 5.96 Å². The molecular formula is C21H30FN5O2. The molecule has 1 unspecified atom stereocenters. The van der Waals surface area contributed by atoms with E-state index in [1.165, 1.54) is 12.1 Å². The summed E-state index contributed by atoms with van der Waals surface area (Å²) in [4.78, 5) is 9.42. The van der Waals surface area contributed by atoms with Gasteiger partial charge in [-0.1, -0.05) is 17.3 Å². The Hall–Kier alpha value is -2.45. The van der Waals surface area contributed by atoms with Crippen molar-refractivity contribution in [2.75, 3.05) is 46.4 Å². The molecule has 0 aliphatic carbocycles. The molecule has 3 rings (SSSR count). The van der Waals surface area contributed by atoms with Crippen molar-refractivity contribution in [1.29, 1.82) is 0 Å². The zero-order valence-electron chi connectivity index (χ0n) is 17.4. The Morgan fingerprint density at radius 3 is 2.59 bits per heavy atom. The van der Waals surface area contributed by atoms with Gasteiger partial charge in [0.1, 0.15) is 17.7 Å². The summed E-state index contributed by atoms with van der Waals surface area (Å²) in [5.74, 6) is 1.47. The van der Waals surface area contributed by atoms with Crippen molar-refractivity contribution in [2.45, 2.75) is 26.5 Å². The van der Waals surface area contributed by atoms with Crippen LogP contribution in [0.2, 0.25) is 0 Å². The van der Waals surface area contributed by atoms with E-state index in [9.17, 15) is 4.39 Å². The summed E-state index contributed by atoms with van der Waals surface area (Å²) in [5, 5.41) is 7.46. The Morgan fingerprint density at radius 1 is 1.28 bits per heavy atom. The number of nitrogens with zero attached hydrogens (tertiary/aromatic N) is 4. The number of aromatic nitrogens is 1. The van der Waals surface area contributed by atoms with Crippen LogP contribution in [0.4, 0.5) is 4.39 Å². The third-order valence-corrected chi connectivity index (χ3v) is 5.00. The molecule has 1 fully saturated rings. The van der Waals surface area contributed by atoms with Crippen LogP contribution >= 0.6 is 0 Å². The molecule has 29 heavy (non-hydrogen) atoms. The second-order valence-corrected chi connectivity index (χ2v) is 7.16. The molecule has 0 bridgehead atoms. The van der Waals surface area contributed by atoms with Gasteiger partial charge in [-0.05, 0) is 31.5 Å². The summed E-state index contributed by atoms with van der Waals surface area (Å²) in [6, 6.07) is 8.38. The van der Waals surface area contributed by atoms with Gasteiger partial charge in [0.25, 0.3) is 0 Å². The number of benzene rings is 1. The van der Waals surface area contributed by atoms with Crippen LogP contribution in [-0.2, 0) is 11.3 Å². The molecule has 2 heterocycles. The molecule has 0 saturated carbocycles. The van der Waals surface area contributed by atoms with E-state index in [0.717, 1.165) is 62.2 Å². The predicted molar refractivity (Wildman–Crippen MR) is 110 cm³/mol. The van der Waals surface area contributed by atoms with Crippen molar-refractivity contribution in [2.24, 2.45) is 4.99 Å². The maximum Gasteiger partial charge on any atom is 0.194 e. The Morgan fingerprint density at radius 2 is 2.00 bits per heavy atom. The van der Waals surface area contributed by atoms with Crippen LogP contribution in [0.25, 0.3) is 0 Å². The Bertz CT molecular complexity index is 785. The van der Waals surface area contributed by atoms with Crippen LogP contribution in [0.5, 0.6) is 0 Å². The number of guanidine groups is 1. The number of aryl methyl sites for hydroxylation is 1. The highest BCUT2D eigenvalue weighted by molar-refractivity contribution is 5.80. The maximum atomic E-state index is 13.2. The third kappa shape index (κ3) is 6.01. The Labute approximate surface area is 171 Å². The van der Waals surface area contributed by atoms with Crippen molar-refractivity contribution in [1.82, 2.24) is 20.3 Å². The van der Waals surface area contributed by atoms with Gasteiger partial charge >= 0.3 is 0 Å². The van der Waals surface area contributed by atoms with Gasteiger partial charge in [0.2, 0.25) is 0 Å². The molecular weight excluding hydrogens is 373 g/mol. The van der Waals surface area contributed by atoms with E-state index >= 15 is 0 Å². The molecule has 158 valence electrons. The monoisotopic (exact) mass is 403 g/mol. The van der Waals surface area contributed by atoms with Crippen molar-refractivity contribution in [3.63, 3.8) is 0 Å². The predicted octanol–water partition coefficient (Wildman–Crippen LogP) is 2.59. The van der Waals surface area contributed by atoms with Crippen LogP contribution in [0, 0.1) is 12.7 Å². The van der Waals surface area contributed by atoms with Crippen molar-refractivity contribution in [3.05, 3.63) is 53.2 Å². The van der Waals surface area contributed by atoms with Crippen molar-refractivity contribution in [3.8, 4) is 0 Å². The van der Waals surface area contributed by atoms with Gasteiger partial charge in [-0.2, -0.15) is 0 Å². The van der Waals surface area contributed by atoms with E-state index < -0.39 is 0 Å². The first-order chi connectivity index (χ1) is 14.1. The van der Waals surface area contributed by atoms with Gasteiger partial charge in [-0.15, -0.1) is 0 Å². The van der Waals surface area contributed by atoms with Crippen molar-refractivity contribution < 1.29 is 13.7 Å². The standard InChI is InChI=1S/C21H30FN5O2/c1-4-23-21(24-14-20(28-3)17-5-7-18(22)8-6-17)27-11-9-26(10-12-27)15-19-13-16(2)29-25-19/h5-8,13,20H,4,9-12,14-15H2,1-3H3,(H,23,24). The van der Waals surface area contributed by atoms with Gasteiger partial charge in [0, 0.05) is 52.4 Å². The highest BCUT2D eigenvalue weighted by Crippen LogP contribution is 2.18. The minimum absolute atomic E-state index is 0.207. The summed E-state index contributed by atoms with van der Waals surface area (Å²) in [6.45, 7) is 9.68. The zero-order chi connectivity index (χ0) is 20.6. The SMILES string of the molecule is CCNC(=NCC(OC)c1ccc(F)cc1)N1CCN(Cc2cc(C)on2)CC1. The Balaban J connectivity index is 1.58. The highest BCUT2D eigenvalue weighted by atomic mass is 19.1. The van der Waals surface area contributed by atoms with E-state index in [0.29, 0.717) is 6.54 Å². The average Bonchev–Trinajstić information content (AvgIpc) is 3.14. The van der Waals surface area contributed by atoms with Crippen LogP contribution in [0.3, 0.4) is 0 Å². The number of hydrogen-bond acceptors (Lipinski definition) is 5. The molecule has 1 aliphatic rings. The lowest BCUT2D eigenvalue weighted by Crippen LogP contribution is -2.52. The molecule has 8 heteroatoms.